The number of nitrogens with one attached hydrogen (secondary N) is 3. The molecule has 1 aliphatic rings. The van der Waals surface area contributed by atoms with Gasteiger partial charge in [-0.3, -0.25) is 15.0 Å². The number of hydrogen-bond donors (Lipinski definition) is 3. The molecular formula is C17H17N3O3. The maximum atomic E-state index is 12.3. The van der Waals surface area contributed by atoms with Crippen LogP contribution in [0.4, 0.5) is 0 Å². The summed E-state index contributed by atoms with van der Waals surface area (Å²) in [7, 11) is 1.59. The number of rotatable bonds is 4. The van der Waals surface area contributed by atoms with Crippen LogP contribution in [-0.2, 0) is 4.79 Å². The lowest BCUT2D eigenvalue weighted by atomic mass is 10.00. The van der Waals surface area contributed by atoms with Gasteiger partial charge >= 0.3 is 0 Å². The monoisotopic (exact) mass is 311 g/mol. The van der Waals surface area contributed by atoms with Gasteiger partial charge in [-0.15, -0.1) is 0 Å². The Hall–Kier alpha value is -2.86. The number of amides is 2. The van der Waals surface area contributed by atoms with E-state index in [0.717, 1.165) is 11.3 Å². The summed E-state index contributed by atoms with van der Waals surface area (Å²) in [4.78, 5) is 24.3. The third-order valence-electron chi connectivity index (χ3n) is 3.76. The Labute approximate surface area is 133 Å². The second-order valence-electron chi connectivity index (χ2n) is 5.20. The molecule has 0 bridgehead atoms. The van der Waals surface area contributed by atoms with Crippen LogP contribution in [-0.4, -0.2) is 25.0 Å². The second kappa shape index (κ2) is 6.50. The molecule has 2 aromatic carbocycles. The van der Waals surface area contributed by atoms with E-state index >= 15 is 0 Å². The van der Waals surface area contributed by atoms with Gasteiger partial charge in [-0.05, 0) is 29.8 Å². The average molecular weight is 311 g/mol. The SMILES string of the molecule is COc1ccc([C@@H]2NNC(=O)[C@H]2NC(=O)c2ccccc2)cc1. The van der Waals surface area contributed by atoms with Gasteiger partial charge in [0.25, 0.3) is 11.8 Å². The summed E-state index contributed by atoms with van der Waals surface area (Å²) >= 11 is 0. The number of hydrogen-bond acceptors (Lipinski definition) is 4. The van der Waals surface area contributed by atoms with Crippen LogP contribution in [0.15, 0.2) is 54.6 Å². The topological polar surface area (TPSA) is 79.5 Å². The molecule has 2 amide bonds. The molecule has 1 fully saturated rings. The molecular weight excluding hydrogens is 294 g/mol. The zero-order valence-corrected chi connectivity index (χ0v) is 12.6. The fourth-order valence-electron chi connectivity index (χ4n) is 2.51. The minimum Gasteiger partial charge on any atom is -0.497 e. The highest BCUT2D eigenvalue weighted by atomic mass is 16.5. The van der Waals surface area contributed by atoms with Crippen LogP contribution in [0.1, 0.15) is 22.0 Å². The molecule has 0 aliphatic carbocycles. The van der Waals surface area contributed by atoms with Crippen LogP contribution in [0, 0.1) is 0 Å². The number of benzene rings is 2. The fraction of sp³-hybridized carbons (Fsp3) is 0.176. The number of methoxy groups -OCH3 is 1. The van der Waals surface area contributed by atoms with Gasteiger partial charge in [-0.1, -0.05) is 30.3 Å². The van der Waals surface area contributed by atoms with Gasteiger partial charge in [0.2, 0.25) is 0 Å². The summed E-state index contributed by atoms with van der Waals surface area (Å²) in [5, 5.41) is 2.78. The van der Waals surface area contributed by atoms with Crippen molar-refractivity contribution in [3.05, 3.63) is 65.7 Å². The van der Waals surface area contributed by atoms with Crippen molar-refractivity contribution in [3.8, 4) is 5.75 Å². The Bertz CT molecular complexity index is 701. The van der Waals surface area contributed by atoms with Crippen molar-refractivity contribution in [2.24, 2.45) is 0 Å². The number of carbonyl (C=O) groups excluding carboxylic acids is 2. The molecule has 1 heterocycles. The number of ether oxygens (including phenoxy) is 1. The zero-order chi connectivity index (χ0) is 16.2. The highest BCUT2D eigenvalue weighted by molar-refractivity contribution is 5.98. The van der Waals surface area contributed by atoms with E-state index in [1.54, 1.807) is 31.4 Å². The lowest BCUT2D eigenvalue weighted by Crippen LogP contribution is -2.42. The van der Waals surface area contributed by atoms with Gasteiger partial charge in [0.15, 0.2) is 0 Å². The molecule has 0 spiro atoms. The second-order valence-corrected chi connectivity index (χ2v) is 5.20. The molecule has 0 aromatic heterocycles. The minimum absolute atomic E-state index is 0.268. The summed E-state index contributed by atoms with van der Waals surface area (Å²) in [5.41, 5.74) is 6.87. The molecule has 6 heteroatoms. The zero-order valence-electron chi connectivity index (χ0n) is 12.6. The third kappa shape index (κ3) is 3.17. The van der Waals surface area contributed by atoms with E-state index in [1.165, 1.54) is 0 Å². The van der Waals surface area contributed by atoms with Crippen LogP contribution < -0.4 is 20.9 Å². The van der Waals surface area contributed by atoms with Gasteiger partial charge < -0.3 is 10.1 Å². The van der Waals surface area contributed by atoms with Crippen molar-refractivity contribution < 1.29 is 14.3 Å². The van der Waals surface area contributed by atoms with Crippen LogP contribution in [0.3, 0.4) is 0 Å². The van der Waals surface area contributed by atoms with Crippen LogP contribution in [0.25, 0.3) is 0 Å². The van der Waals surface area contributed by atoms with Crippen LogP contribution >= 0.6 is 0 Å². The Kier molecular flexibility index (Phi) is 4.25. The molecule has 1 aliphatic heterocycles. The average Bonchev–Trinajstić information content (AvgIpc) is 2.96. The number of carbonyl (C=O) groups is 2. The lowest BCUT2D eigenvalue weighted by molar-refractivity contribution is -0.121. The van der Waals surface area contributed by atoms with Crippen LogP contribution in [0.5, 0.6) is 5.75 Å². The molecule has 2 atom stereocenters. The van der Waals surface area contributed by atoms with E-state index in [9.17, 15) is 9.59 Å². The molecule has 6 nitrogen and oxygen atoms in total. The number of hydrazine groups is 1. The standard InChI is InChI=1S/C17H17N3O3/c1-23-13-9-7-11(8-10-13)14-15(17(22)20-19-14)18-16(21)12-5-3-2-4-6-12/h2-10,14-15,19H,1H3,(H,18,21)(H,20,22)/t14-,15-/m0/s1. The molecule has 0 saturated carbocycles. The quantitative estimate of drug-likeness (QED) is 0.792. The van der Waals surface area contributed by atoms with Crippen molar-refractivity contribution in [1.82, 2.24) is 16.2 Å². The van der Waals surface area contributed by atoms with E-state index in [1.807, 2.05) is 30.3 Å². The molecule has 23 heavy (non-hydrogen) atoms. The first-order valence-corrected chi connectivity index (χ1v) is 7.24. The van der Waals surface area contributed by atoms with Gasteiger partial charge in [-0.25, -0.2) is 5.43 Å². The van der Waals surface area contributed by atoms with Crippen molar-refractivity contribution in [1.29, 1.82) is 0 Å². The van der Waals surface area contributed by atoms with Crippen LogP contribution in [0.2, 0.25) is 0 Å². The highest BCUT2D eigenvalue weighted by Crippen LogP contribution is 2.23. The first-order chi connectivity index (χ1) is 11.2. The van der Waals surface area contributed by atoms with Crippen molar-refractivity contribution in [2.45, 2.75) is 12.1 Å². The fourth-order valence-corrected chi connectivity index (χ4v) is 2.51. The molecule has 118 valence electrons. The Balaban J connectivity index is 1.78. The first-order valence-electron chi connectivity index (χ1n) is 7.24. The van der Waals surface area contributed by atoms with E-state index < -0.39 is 6.04 Å². The maximum absolute atomic E-state index is 12.3. The lowest BCUT2D eigenvalue weighted by Gasteiger charge is -2.18. The molecule has 2 aromatic rings. The molecule has 0 radical (unpaired) electrons. The van der Waals surface area contributed by atoms with Gasteiger partial charge in [0, 0.05) is 5.56 Å². The predicted molar refractivity (Wildman–Crippen MR) is 84.7 cm³/mol. The largest absolute Gasteiger partial charge is 0.497 e. The van der Waals surface area contributed by atoms with E-state index in [2.05, 4.69) is 16.2 Å². The van der Waals surface area contributed by atoms with E-state index in [-0.39, 0.29) is 17.9 Å². The van der Waals surface area contributed by atoms with Crippen molar-refractivity contribution >= 4 is 11.8 Å². The normalized spacial score (nSPS) is 20.0. The van der Waals surface area contributed by atoms with Gasteiger partial charge in [0.1, 0.15) is 11.8 Å². The smallest absolute Gasteiger partial charge is 0.258 e. The van der Waals surface area contributed by atoms with Gasteiger partial charge in [0.05, 0.1) is 13.2 Å². The Morgan fingerprint density at radius 1 is 1.09 bits per heavy atom. The van der Waals surface area contributed by atoms with E-state index in [0.29, 0.717) is 5.56 Å². The summed E-state index contributed by atoms with van der Waals surface area (Å²) in [5.74, 6) is 0.180. The van der Waals surface area contributed by atoms with Gasteiger partial charge in [-0.2, -0.15) is 0 Å². The highest BCUT2D eigenvalue weighted by Gasteiger charge is 2.36. The Morgan fingerprint density at radius 3 is 2.43 bits per heavy atom. The summed E-state index contributed by atoms with van der Waals surface area (Å²) in [6.45, 7) is 0. The minimum atomic E-state index is -0.684. The predicted octanol–water partition coefficient (Wildman–Crippen LogP) is 1.17. The Morgan fingerprint density at radius 2 is 1.78 bits per heavy atom. The summed E-state index contributed by atoms with van der Waals surface area (Å²) < 4.78 is 5.13. The summed E-state index contributed by atoms with van der Waals surface area (Å²) in [6.07, 6.45) is 0. The van der Waals surface area contributed by atoms with Crippen molar-refractivity contribution in [3.63, 3.8) is 0 Å². The van der Waals surface area contributed by atoms with Crippen molar-refractivity contribution in [2.75, 3.05) is 7.11 Å². The molecule has 3 N–H and O–H groups in total. The maximum Gasteiger partial charge on any atom is 0.258 e. The first kappa shape index (κ1) is 15.1. The summed E-state index contributed by atoms with van der Waals surface area (Å²) in [6, 6.07) is 15.1. The molecule has 0 unspecified atom stereocenters. The molecule has 1 saturated heterocycles. The molecule has 3 rings (SSSR count). The third-order valence-corrected chi connectivity index (χ3v) is 3.76. The van der Waals surface area contributed by atoms with E-state index in [4.69, 9.17) is 4.74 Å².